The number of hydrogen-bond acceptors (Lipinski definition) is 4. The molecule has 2 heterocycles. The third-order valence-electron chi connectivity index (χ3n) is 4.80. The predicted octanol–water partition coefficient (Wildman–Crippen LogP) is 4.49. The SMILES string of the molecule is Cc1nc(CC(=O)Nc2nc3ccccc3n2C2CCCCC2)cs1. The van der Waals surface area contributed by atoms with Crippen LogP contribution in [0.4, 0.5) is 5.95 Å². The topological polar surface area (TPSA) is 59.8 Å². The molecule has 0 aliphatic heterocycles. The average Bonchev–Trinajstić information content (AvgIpc) is 3.18. The van der Waals surface area contributed by atoms with Crippen LogP contribution >= 0.6 is 11.3 Å². The van der Waals surface area contributed by atoms with Crippen molar-refractivity contribution >= 4 is 34.2 Å². The van der Waals surface area contributed by atoms with Crippen molar-refractivity contribution in [1.29, 1.82) is 0 Å². The lowest BCUT2D eigenvalue weighted by atomic mass is 9.95. The summed E-state index contributed by atoms with van der Waals surface area (Å²) in [5.41, 5.74) is 2.86. The second-order valence-electron chi connectivity index (χ2n) is 6.67. The lowest BCUT2D eigenvalue weighted by Crippen LogP contribution is -2.21. The van der Waals surface area contributed by atoms with Crippen molar-refractivity contribution in [2.75, 3.05) is 5.32 Å². The number of fused-ring (bicyclic) bond motifs is 1. The van der Waals surface area contributed by atoms with Crippen LogP contribution in [0.3, 0.4) is 0 Å². The first-order chi connectivity index (χ1) is 12.2. The average molecular weight is 354 g/mol. The van der Waals surface area contributed by atoms with Crippen molar-refractivity contribution in [1.82, 2.24) is 14.5 Å². The summed E-state index contributed by atoms with van der Waals surface area (Å²) in [4.78, 5) is 21.6. The maximum atomic E-state index is 12.5. The van der Waals surface area contributed by atoms with E-state index in [-0.39, 0.29) is 12.3 Å². The molecule has 0 bridgehead atoms. The Labute approximate surface area is 151 Å². The largest absolute Gasteiger partial charge is 0.307 e. The number of imidazole rings is 1. The summed E-state index contributed by atoms with van der Waals surface area (Å²) < 4.78 is 2.23. The minimum absolute atomic E-state index is 0.0577. The zero-order valence-electron chi connectivity index (χ0n) is 14.4. The van der Waals surface area contributed by atoms with Crippen LogP contribution in [0.5, 0.6) is 0 Å². The Morgan fingerprint density at radius 3 is 2.80 bits per heavy atom. The standard InChI is InChI=1S/C19H22N4OS/c1-13-20-14(12-25-13)11-18(24)22-19-21-16-9-5-6-10-17(16)23(19)15-7-3-2-4-8-15/h5-6,9-10,12,15H,2-4,7-8,11H2,1H3,(H,21,22,24). The highest BCUT2D eigenvalue weighted by molar-refractivity contribution is 7.09. The molecule has 4 rings (SSSR count). The van der Waals surface area contributed by atoms with Gasteiger partial charge in [-0.2, -0.15) is 0 Å². The normalized spacial score (nSPS) is 15.6. The molecule has 0 atom stereocenters. The Morgan fingerprint density at radius 1 is 1.24 bits per heavy atom. The zero-order valence-corrected chi connectivity index (χ0v) is 15.2. The Hall–Kier alpha value is -2.21. The summed E-state index contributed by atoms with van der Waals surface area (Å²) in [6.45, 7) is 1.95. The highest BCUT2D eigenvalue weighted by atomic mass is 32.1. The molecule has 0 unspecified atom stereocenters. The number of carbonyl (C=O) groups is 1. The number of amides is 1. The number of nitrogens with one attached hydrogen (secondary N) is 1. The second kappa shape index (κ2) is 6.96. The molecule has 1 saturated carbocycles. The van der Waals surface area contributed by atoms with Gasteiger partial charge in [0, 0.05) is 11.4 Å². The minimum atomic E-state index is -0.0577. The number of benzene rings is 1. The third kappa shape index (κ3) is 3.44. The smallest absolute Gasteiger partial charge is 0.232 e. The number of aryl methyl sites for hydroxylation is 1. The summed E-state index contributed by atoms with van der Waals surface area (Å²) in [7, 11) is 0. The lowest BCUT2D eigenvalue weighted by Gasteiger charge is -2.25. The fourth-order valence-corrected chi connectivity index (χ4v) is 4.28. The fourth-order valence-electron chi connectivity index (χ4n) is 3.66. The summed E-state index contributed by atoms with van der Waals surface area (Å²) in [5, 5.41) is 5.96. The molecule has 0 saturated heterocycles. The Kier molecular flexibility index (Phi) is 4.53. The van der Waals surface area contributed by atoms with Crippen molar-refractivity contribution < 1.29 is 4.79 Å². The lowest BCUT2D eigenvalue weighted by molar-refractivity contribution is -0.115. The van der Waals surface area contributed by atoms with Gasteiger partial charge in [0.2, 0.25) is 11.9 Å². The van der Waals surface area contributed by atoms with E-state index < -0.39 is 0 Å². The van der Waals surface area contributed by atoms with Gasteiger partial charge in [-0.15, -0.1) is 11.3 Å². The van der Waals surface area contributed by atoms with Gasteiger partial charge in [-0.25, -0.2) is 9.97 Å². The van der Waals surface area contributed by atoms with Crippen LogP contribution < -0.4 is 5.32 Å². The van der Waals surface area contributed by atoms with Crippen LogP contribution in [0.25, 0.3) is 11.0 Å². The van der Waals surface area contributed by atoms with Crippen LogP contribution in [0.2, 0.25) is 0 Å². The Morgan fingerprint density at radius 2 is 2.04 bits per heavy atom. The molecular formula is C19H22N4OS. The van der Waals surface area contributed by atoms with E-state index in [1.165, 1.54) is 19.3 Å². The van der Waals surface area contributed by atoms with E-state index in [2.05, 4.69) is 25.9 Å². The highest BCUT2D eigenvalue weighted by Crippen LogP contribution is 2.34. The van der Waals surface area contributed by atoms with Gasteiger partial charge in [-0.1, -0.05) is 31.4 Å². The van der Waals surface area contributed by atoms with Gasteiger partial charge in [0.25, 0.3) is 0 Å². The van der Waals surface area contributed by atoms with Crippen molar-refractivity contribution in [2.45, 2.75) is 51.5 Å². The molecule has 25 heavy (non-hydrogen) atoms. The Balaban J connectivity index is 1.62. The maximum absolute atomic E-state index is 12.5. The van der Waals surface area contributed by atoms with Crippen molar-refractivity contribution in [3.8, 4) is 0 Å². The number of thiazole rings is 1. The maximum Gasteiger partial charge on any atom is 0.232 e. The number of aromatic nitrogens is 3. The molecule has 1 aromatic carbocycles. The van der Waals surface area contributed by atoms with Crippen molar-refractivity contribution in [3.63, 3.8) is 0 Å². The third-order valence-corrected chi connectivity index (χ3v) is 5.62. The molecule has 1 aliphatic rings. The van der Waals surface area contributed by atoms with Gasteiger partial charge >= 0.3 is 0 Å². The van der Waals surface area contributed by atoms with Gasteiger partial charge in [-0.3, -0.25) is 10.1 Å². The first kappa shape index (κ1) is 16.3. The van der Waals surface area contributed by atoms with Crippen molar-refractivity contribution in [2.24, 2.45) is 0 Å². The van der Waals surface area contributed by atoms with Crippen LogP contribution in [0.1, 0.15) is 48.8 Å². The molecule has 3 aromatic rings. The van der Waals surface area contributed by atoms with Crippen LogP contribution in [0, 0.1) is 6.92 Å². The molecule has 1 amide bonds. The first-order valence-electron chi connectivity index (χ1n) is 8.88. The van der Waals surface area contributed by atoms with Crippen LogP contribution in [-0.4, -0.2) is 20.4 Å². The molecule has 6 heteroatoms. The van der Waals surface area contributed by atoms with Crippen LogP contribution in [-0.2, 0) is 11.2 Å². The summed E-state index contributed by atoms with van der Waals surface area (Å²) in [5.74, 6) is 0.614. The summed E-state index contributed by atoms with van der Waals surface area (Å²) >= 11 is 1.57. The fraction of sp³-hybridized carbons (Fsp3) is 0.421. The molecule has 0 radical (unpaired) electrons. The molecule has 130 valence electrons. The first-order valence-corrected chi connectivity index (χ1v) is 9.76. The van der Waals surface area contributed by atoms with E-state index in [9.17, 15) is 4.79 Å². The summed E-state index contributed by atoms with van der Waals surface area (Å²) in [6, 6.07) is 8.54. The van der Waals surface area contributed by atoms with E-state index >= 15 is 0 Å². The molecule has 1 fully saturated rings. The quantitative estimate of drug-likeness (QED) is 0.751. The number of hydrogen-bond donors (Lipinski definition) is 1. The van der Waals surface area contributed by atoms with Crippen LogP contribution in [0.15, 0.2) is 29.6 Å². The van der Waals surface area contributed by atoms with E-state index in [1.807, 2.05) is 30.5 Å². The van der Waals surface area contributed by atoms with Gasteiger partial charge in [0.1, 0.15) is 0 Å². The Bertz CT molecular complexity index is 892. The van der Waals surface area contributed by atoms with Gasteiger partial charge in [-0.05, 0) is 31.9 Å². The molecular weight excluding hydrogens is 332 g/mol. The van der Waals surface area contributed by atoms with E-state index in [1.54, 1.807) is 11.3 Å². The number of para-hydroxylation sites is 2. The minimum Gasteiger partial charge on any atom is -0.307 e. The van der Waals surface area contributed by atoms with Gasteiger partial charge < -0.3 is 4.57 Å². The van der Waals surface area contributed by atoms with Gasteiger partial charge in [0.15, 0.2) is 0 Å². The number of carbonyl (C=O) groups excluding carboxylic acids is 1. The predicted molar refractivity (Wildman–Crippen MR) is 101 cm³/mol. The van der Waals surface area contributed by atoms with Gasteiger partial charge in [0.05, 0.1) is 28.2 Å². The summed E-state index contributed by atoms with van der Waals surface area (Å²) in [6.07, 6.45) is 6.36. The molecule has 1 N–H and O–H groups in total. The number of rotatable bonds is 4. The van der Waals surface area contributed by atoms with E-state index in [0.29, 0.717) is 12.0 Å². The number of anilines is 1. The molecule has 0 spiro atoms. The molecule has 2 aromatic heterocycles. The van der Waals surface area contributed by atoms with E-state index in [0.717, 1.165) is 34.6 Å². The second-order valence-corrected chi connectivity index (χ2v) is 7.73. The highest BCUT2D eigenvalue weighted by Gasteiger charge is 2.22. The van der Waals surface area contributed by atoms with Crippen molar-refractivity contribution in [3.05, 3.63) is 40.3 Å². The van der Waals surface area contributed by atoms with E-state index in [4.69, 9.17) is 0 Å². The number of nitrogens with zero attached hydrogens (tertiary/aromatic N) is 3. The zero-order chi connectivity index (χ0) is 17.2. The molecule has 5 nitrogen and oxygen atoms in total. The molecule has 1 aliphatic carbocycles. The monoisotopic (exact) mass is 354 g/mol.